The van der Waals surface area contributed by atoms with Crippen molar-refractivity contribution in [1.29, 1.82) is 0 Å². The van der Waals surface area contributed by atoms with Gasteiger partial charge in [0.15, 0.2) is 11.6 Å². The first-order valence-corrected chi connectivity index (χ1v) is 22.9. The summed E-state index contributed by atoms with van der Waals surface area (Å²) in [5.41, 5.74) is 15.4. The van der Waals surface area contributed by atoms with E-state index in [-0.39, 0.29) is 0 Å². The summed E-state index contributed by atoms with van der Waals surface area (Å²) in [5.74, 6) is 1.68. The third-order valence-electron chi connectivity index (χ3n) is 12.9. The second-order valence-corrected chi connectivity index (χ2v) is 17.1. The van der Waals surface area contributed by atoms with Gasteiger partial charge in [0.1, 0.15) is 0 Å². The maximum Gasteiger partial charge on any atom is 0.238 e. The minimum atomic E-state index is 0.530. The van der Waals surface area contributed by atoms with Crippen LogP contribution in [0, 0.1) is 0 Å². The van der Waals surface area contributed by atoms with Crippen molar-refractivity contribution in [2.24, 2.45) is 0 Å². The van der Waals surface area contributed by atoms with E-state index in [1.54, 1.807) is 0 Å². The molecule has 0 fully saturated rings. The van der Waals surface area contributed by atoms with E-state index >= 15 is 0 Å². The second-order valence-electron chi connectivity index (χ2n) is 17.1. The average molecular weight is 869 g/mol. The zero-order chi connectivity index (χ0) is 45.0. The number of hydrogen-bond donors (Lipinski definition) is 0. The molecule has 0 saturated carbocycles. The Kier molecular flexibility index (Phi) is 9.39. The Hall–Kier alpha value is -9.26. The van der Waals surface area contributed by atoms with Crippen molar-refractivity contribution in [3.8, 4) is 79.2 Å². The van der Waals surface area contributed by atoms with E-state index in [9.17, 15) is 0 Å². The minimum Gasteiger partial charge on any atom is -0.307 e. The maximum absolute atomic E-state index is 5.45. The molecule has 0 aliphatic carbocycles. The normalized spacial score (nSPS) is 11.5. The third kappa shape index (κ3) is 6.74. The highest BCUT2D eigenvalue weighted by molar-refractivity contribution is 6.23. The van der Waals surface area contributed by atoms with Gasteiger partial charge in [0.05, 0.1) is 33.5 Å². The molecule has 9 aromatic carbocycles. The van der Waals surface area contributed by atoms with Crippen LogP contribution in [0.4, 0.5) is 0 Å². The number of pyridine rings is 1. The molecule has 68 heavy (non-hydrogen) atoms. The first-order valence-electron chi connectivity index (χ1n) is 22.9. The lowest BCUT2D eigenvalue weighted by atomic mass is 9.98. The first-order chi connectivity index (χ1) is 33.7. The van der Waals surface area contributed by atoms with E-state index in [1.165, 1.54) is 0 Å². The molecule has 0 aliphatic rings. The molecule has 318 valence electrons. The third-order valence-corrected chi connectivity index (χ3v) is 12.9. The predicted octanol–water partition coefficient (Wildman–Crippen LogP) is 15.5. The average Bonchev–Trinajstić information content (AvgIpc) is 3.95. The van der Waals surface area contributed by atoms with Crippen LogP contribution in [0.3, 0.4) is 0 Å². The lowest BCUT2D eigenvalue weighted by Crippen LogP contribution is -2.07. The molecule has 6 heteroatoms. The molecule has 0 saturated heterocycles. The van der Waals surface area contributed by atoms with E-state index in [1.807, 2.05) is 36.4 Å². The fourth-order valence-electron chi connectivity index (χ4n) is 9.80. The summed E-state index contributed by atoms with van der Waals surface area (Å²) in [6, 6.07) is 85.2. The number of para-hydroxylation sites is 2. The lowest BCUT2D eigenvalue weighted by molar-refractivity contribution is 0.953. The van der Waals surface area contributed by atoms with Crippen LogP contribution >= 0.6 is 0 Å². The van der Waals surface area contributed by atoms with Crippen LogP contribution < -0.4 is 0 Å². The fourth-order valence-corrected chi connectivity index (χ4v) is 9.80. The van der Waals surface area contributed by atoms with Gasteiger partial charge in [-0.25, -0.2) is 9.97 Å². The molecule has 0 amide bonds. The molecule has 0 spiro atoms. The molecule has 0 unspecified atom stereocenters. The van der Waals surface area contributed by atoms with Crippen molar-refractivity contribution in [3.63, 3.8) is 0 Å². The Bertz CT molecular complexity index is 3950. The van der Waals surface area contributed by atoms with E-state index in [0.717, 1.165) is 105 Å². The van der Waals surface area contributed by atoms with Crippen molar-refractivity contribution >= 4 is 43.6 Å². The van der Waals surface area contributed by atoms with Crippen LogP contribution in [0.25, 0.3) is 123 Å². The minimum absolute atomic E-state index is 0.530. The largest absolute Gasteiger partial charge is 0.307 e. The van der Waals surface area contributed by atoms with Gasteiger partial charge >= 0.3 is 0 Å². The number of aromatic nitrogens is 6. The Morgan fingerprint density at radius 3 is 1.28 bits per heavy atom. The summed E-state index contributed by atoms with van der Waals surface area (Å²) in [4.78, 5) is 21.2. The van der Waals surface area contributed by atoms with Crippen LogP contribution in [-0.2, 0) is 0 Å². The van der Waals surface area contributed by atoms with Crippen LogP contribution in [0.2, 0.25) is 0 Å². The summed E-state index contributed by atoms with van der Waals surface area (Å²) >= 11 is 0. The molecule has 0 N–H and O–H groups in total. The quantitative estimate of drug-likeness (QED) is 0.153. The molecule has 13 aromatic rings. The Morgan fingerprint density at radius 2 is 0.676 bits per heavy atom. The zero-order valence-corrected chi connectivity index (χ0v) is 36.8. The summed E-state index contributed by atoms with van der Waals surface area (Å²) in [7, 11) is 0. The fraction of sp³-hybridized carbons (Fsp3) is 0. The summed E-state index contributed by atoms with van der Waals surface area (Å²) in [6.45, 7) is 0. The summed E-state index contributed by atoms with van der Waals surface area (Å²) in [6.07, 6.45) is 0. The van der Waals surface area contributed by atoms with Gasteiger partial charge in [-0.1, -0.05) is 194 Å². The maximum atomic E-state index is 5.45. The molecule has 4 heterocycles. The molecule has 0 atom stereocenters. The van der Waals surface area contributed by atoms with Crippen LogP contribution in [0.1, 0.15) is 0 Å². The van der Waals surface area contributed by atoms with Gasteiger partial charge in [-0.15, -0.1) is 0 Å². The summed E-state index contributed by atoms with van der Waals surface area (Å²) < 4.78 is 4.70. The van der Waals surface area contributed by atoms with Gasteiger partial charge in [-0.05, 0) is 70.8 Å². The lowest BCUT2D eigenvalue weighted by Gasteiger charge is -2.16. The van der Waals surface area contributed by atoms with E-state index in [2.05, 4.69) is 215 Å². The molecule has 4 aromatic heterocycles. The summed E-state index contributed by atoms with van der Waals surface area (Å²) in [5, 5.41) is 4.52. The van der Waals surface area contributed by atoms with Gasteiger partial charge in [0, 0.05) is 49.5 Å². The molecule has 0 radical (unpaired) electrons. The van der Waals surface area contributed by atoms with Crippen molar-refractivity contribution in [1.82, 2.24) is 29.1 Å². The number of rotatable bonds is 8. The van der Waals surface area contributed by atoms with Gasteiger partial charge in [-0.3, -0.25) is 4.57 Å². The van der Waals surface area contributed by atoms with Crippen molar-refractivity contribution in [2.45, 2.75) is 0 Å². The number of benzene rings is 9. The Balaban J connectivity index is 1.09. The smallest absolute Gasteiger partial charge is 0.238 e. The van der Waals surface area contributed by atoms with Crippen LogP contribution in [-0.4, -0.2) is 29.1 Å². The molecule has 0 bridgehead atoms. The Morgan fingerprint density at radius 1 is 0.250 bits per heavy atom. The number of hydrogen-bond acceptors (Lipinski definition) is 4. The zero-order valence-electron chi connectivity index (χ0n) is 36.8. The predicted molar refractivity (Wildman–Crippen MR) is 279 cm³/mol. The highest BCUT2D eigenvalue weighted by Gasteiger charge is 2.24. The van der Waals surface area contributed by atoms with Crippen LogP contribution in [0.5, 0.6) is 0 Å². The highest BCUT2D eigenvalue weighted by atomic mass is 15.2. The molecule has 6 nitrogen and oxygen atoms in total. The Labute approximate surface area is 392 Å². The van der Waals surface area contributed by atoms with Crippen molar-refractivity contribution in [2.75, 3.05) is 0 Å². The standard InChI is InChI=1S/C62H40N6/c1-5-19-41(20-6-1)47-38-48(42-21-7-2-8-22-42)40-49(39-47)67-56-33-15-13-29-50(56)52-35-36-53-51-30-14-16-34-57(51)68(59(53)58(52)67)62-65-60(44-25-11-4-12-26-44)64-61(66-62)46-28-17-27-45(37-46)55-32-18-31-54(63-55)43-23-9-3-10-24-43/h1-40H. The SMILES string of the molecule is c1ccc(-c2cc(-c3ccccc3)cc(-n3c4ccccc4c4ccc5c6ccccc6n(-c6nc(-c7ccccc7)nc(-c7cccc(-c8cccc(-c9ccccc9)n8)c7)n6)c5c43)c2)cc1. The van der Waals surface area contributed by atoms with Crippen molar-refractivity contribution in [3.05, 3.63) is 243 Å². The first kappa shape index (κ1) is 39.1. The van der Waals surface area contributed by atoms with E-state index < -0.39 is 0 Å². The topological polar surface area (TPSA) is 61.4 Å². The van der Waals surface area contributed by atoms with Gasteiger partial charge in [0.2, 0.25) is 5.95 Å². The highest BCUT2D eigenvalue weighted by Crippen LogP contribution is 2.43. The number of nitrogens with zero attached hydrogens (tertiary/aromatic N) is 6. The molecule has 13 rings (SSSR count). The molecule has 0 aliphatic heterocycles. The molecular weight excluding hydrogens is 829 g/mol. The van der Waals surface area contributed by atoms with Crippen molar-refractivity contribution < 1.29 is 0 Å². The number of fused-ring (bicyclic) bond motifs is 7. The monoisotopic (exact) mass is 868 g/mol. The van der Waals surface area contributed by atoms with Gasteiger partial charge in [0.25, 0.3) is 0 Å². The second kappa shape index (κ2) is 16.3. The van der Waals surface area contributed by atoms with Gasteiger partial charge in [-0.2, -0.15) is 9.97 Å². The van der Waals surface area contributed by atoms with E-state index in [0.29, 0.717) is 17.6 Å². The van der Waals surface area contributed by atoms with Gasteiger partial charge < -0.3 is 4.57 Å². The molecular formula is C62H40N6. The van der Waals surface area contributed by atoms with E-state index in [4.69, 9.17) is 19.9 Å². The van der Waals surface area contributed by atoms with Crippen LogP contribution in [0.15, 0.2) is 243 Å².